The van der Waals surface area contributed by atoms with Crippen LogP contribution in [0.5, 0.6) is 0 Å². The fourth-order valence-corrected chi connectivity index (χ4v) is 5.44. The Morgan fingerprint density at radius 1 is 0.913 bits per heavy atom. The summed E-state index contributed by atoms with van der Waals surface area (Å²) in [6.07, 6.45) is 10.2. The number of hydrogen-bond acceptors (Lipinski definition) is 2. The maximum Gasteiger partial charge on any atom is 0.0283 e. The van der Waals surface area contributed by atoms with Gasteiger partial charge in [-0.2, -0.15) is 0 Å². The van der Waals surface area contributed by atoms with Crippen molar-refractivity contribution < 1.29 is 0 Å². The van der Waals surface area contributed by atoms with Crippen molar-refractivity contribution in [3.05, 3.63) is 35.4 Å². The van der Waals surface area contributed by atoms with Gasteiger partial charge in [-0.05, 0) is 56.2 Å². The minimum absolute atomic E-state index is 0.811. The second-order valence-electron chi connectivity index (χ2n) is 8.03. The van der Waals surface area contributed by atoms with Crippen molar-refractivity contribution in [1.29, 1.82) is 0 Å². The molecule has 0 unspecified atom stereocenters. The first-order valence-corrected chi connectivity index (χ1v) is 9.85. The minimum Gasteiger partial charge on any atom is -0.298 e. The monoisotopic (exact) mass is 312 g/mol. The molecule has 0 amide bonds. The maximum absolute atomic E-state index is 2.87. The van der Waals surface area contributed by atoms with Crippen LogP contribution in [0.1, 0.15) is 56.1 Å². The summed E-state index contributed by atoms with van der Waals surface area (Å²) in [5.74, 6) is 0.943. The molecule has 2 aliphatic heterocycles. The highest BCUT2D eigenvalue weighted by Gasteiger charge is 2.42. The van der Waals surface area contributed by atoms with Crippen LogP contribution in [-0.2, 0) is 6.54 Å². The third kappa shape index (κ3) is 3.21. The van der Waals surface area contributed by atoms with Crippen molar-refractivity contribution >= 4 is 0 Å². The average Bonchev–Trinajstić information content (AvgIpc) is 3.06. The predicted molar refractivity (Wildman–Crippen MR) is 96.5 cm³/mol. The molecular weight excluding hydrogens is 280 g/mol. The van der Waals surface area contributed by atoms with E-state index in [9.17, 15) is 0 Å². The van der Waals surface area contributed by atoms with E-state index in [1.807, 2.05) is 0 Å². The predicted octanol–water partition coefficient (Wildman–Crippen LogP) is 4.22. The van der Waals surface area contributed by atoms with Gasteiger partial charge in [0.05, 0.1) is 0 Å². The Hall–Kier alpha value is -0.860. The summed E-state index contributed by atoms with van der Waals surface area (Å²) < 4.78 is 0. The molecule has 2 heteroatoms. The first-order chi connectivity index (χ1) is 11.3. The van der Waals surface area contributed by atoms with Crippen LogP contribution in [0.3, 0.4) is 0 Å². The fraction of sp³-hybridized carbons (Fsp3) is 0.714. The van der Waals surface area contributed by atoms with Crippen LogP contribution < -0.4 is 0 Å². The van der Waals surface area contributed by atoms with Gasteiger partial charge < -0.3 is 0 Å². The third-order valence-corrected chi connectivity index (χ3v) is 6.67. The number of piperazine rings is 1. The number of fused-ring (bicyclic) bond motifs is 1. The number of nitrogens with zero attached hydrogens (tertiary/aromatic N) is 2. The van der Waals surface area contributed by atoms with Gasteiger partial charge in [-0.1, -0.05) is 43.5 Å². The van der Waals surface area contributed by atoms with Gasteiger partial charge in [0.1, 0.15) is 0 Å². The van der Waals surface area contributed by atoms with E-state index in [0.717, 1.165) is 24.5 Å². The van der Waals surface area contributed by atoms with Crippen molar-refractivity contribution in [3.63, 3.8) is 0 Å². The van der Waals surface area contributed by atoms with Crippen LogP contribution in [0.2, 0.25) is 0 Å². The highest BCUT2D eigenvalue weighted by atomic mass is 15.3. The Labute approximate surface area is 141 Å². The highest BCUT2D eigenvalue weighted by molar-refractivity contribution is 5.25. The average molecular weight is 313 g/mol. The molecule has 0 N–H and O–H groups in total. The molecule has 2 saturated heterocycles. The minimum atomic E-state index is 0.811. The van der Waals surface area contributed by atoms with Crippen LogP contribution in [0, 0.1) is 12.8 Å². The summed E-state index contributed by atoms with van der Waals surface area (Å²) in [6.45, 7) is 7.35. The molecule has 1 aromatic carbocycles. The lowest BCUT2D eigenvalue weighted by Crippen LogP contribution is -2.59. The topological polar surface area (TPSA) is 6.48 Å². The highest BCUT2D eigenvalue weighted by Crippen LogP contribution is 2.38. The number of aryl methyl sites for hydroxylation is 1. The lowest BCUT2D eigenvalue weighted by molar-refractivity contribution is -0.00389. The van der Waals surface area contributed by atoms with Crippen LogP contribution in [0.25, 0.3) is 0 Å². The van der Waals surface area contributed by atoms with Crippen molar-refractivity contribution in [1.82, 2.24) is 9.80 Å². The van der Waals surface area contributed by atoms with Crippen molar-refractivity contribution in [2.75, 3.05) is 19.6 Å². The molecule has 1 aromatic rings. The second-order valence-corrected chi connectivity index (χ2v) is 8.03. The standard InChI is InChI=1S/C21H32N2/c1-17-8-5-6-11-19(17)16-23-15-14-22-13-7-12-20(22)21(23)18-9-3-2-4-10-18/h5-6,8,11,18,20-21H,2-4,7,9-10,12-16H2,1H3/t20-,21-/m0/s1. The lowest BCUT2D eigenvalue weighted by Gasteiger charge is -2.49. The van der Waals surface area contributed by atoms with Crippen LogP contribution in [0.15, 0.2) is 24.3 Å². The van der Waals surface area contributed by atoms with Crippen molar-refractivity contribution in [3.8, 4) is 0 Å². The molecule has 1 saturated carbocycles. The SMILES string of the molecule is Cc1ccccc1CN1CCN2CCC[C@H]2[C@@H]1C1CCCCC1. The van der Waals surface area contributed by atoms with Gasteiger partial charge in [0.15, 0.2) is 0 Å². The fourth-order valence-electron chi connectivity index (χ4n) is 5.44. The van der Waals surface area contributed by atoms with E-state index in [1.54, 1.807) is 5.56 Å². The molecule has 2 heterocycles. The van der Waals surface area contributed by atoms with Crippen molar-refractivity contribution in [2.24, 2.45) is 5.92 Å². The van der Waals surface area contributed by atoms with Crippen LogP contribution >= 0.6 is 0 Å². The molecule has 23 heavy (non-hydrogen) atoms. The normalized spacial score (nSPS) is 30.5. The Balaban J connectivity index is 1.56. The van der Waals surface area contributed by atoms with Gasteiger partial charge in [0.25, 0.3) is 0 Å². The van der Waals surface area contributed by atoms with E-state index < -0.39 is 0 Å². The smallest absolute Gasteiger partial charge is 0.0283 e. The first kappa shape index (κ1) is 15.7. The molecule has 0 radical (unpaired) electrons. The van der Waals surface area contributed by atoms with Gasteiger partial charge >= 0.3 is 0 Å². The molecule has 0 aromatic heterocycles. The van der Waals surface area contributed by atoms with Gasteiger partial charge in [0.2, 0.25) is 0 Å². The van der Waals surface area contributed by atoms with E-state index in [4.69, 9.17) is 0 Å². The Morgan fingerprint density at radius 2 is 1.74 bits per heavy atom. The molecule has 2 nitrogen and oxygen atoms in total. The van der Waals surface area contributed by atoms with Crippen molar-refractivity contribution in [2.45, 2.75) is 70.5 Å². The molecule has 4 rings (SSSR count). The second kappa shape index (κ2) is 6.94. The van der Waals surface area contributed by atoms with Crippen LogP contribution in [-0.4, -0.2) is 41.5 Å². The van der Waals surface area contributed by atoms with E-state index in [0.29, 0.717) is 0 Å². The van der Waals surface area contributed by atoms with Gasteiger partial charge in [-0.15, -0.1) is 0 Å². The van der Waals surface area contributed by atoms with E-state index in [2.05, 4.69) is 41.0 Å². The summed E-state index contributed by atoms with van der Waals surface area (Å²) in [4.78, 5) is 5.68. The molecule has 1 aliphatic carbocycles. The molecular formula is C21H32N2. The Morgan fingerprint density at radius 3 is 2.57 bits per heavy atom. The Kier molecular flexibility index (Phi) is 4.73. The summed E-state index contributed by atoms with van der Waals surface area (Å²) in [6, 6.07) is 10.7. The summed E-state index contributed by atoms with van der Waals surface area (Å²) in [7, 11) is 0. The summed E-state index contributed by atoms with van der Waals surface area (Å²) >= 11 is 0. The van der Waals surface area contributed by atoms with E-state index in [-0.39, 0.29) is 0 Å². The van der Waals surface area contributed by atoms with Crippen LogP contribution in [0.4, 0.5) is 0 Å². The third-order valence-electron chi connectivity index (χ3n) is 6.67. The number of rotatable bonds is 3. The maximum atomic E-state index is 2.87. The summed E-state index contributed by atoms with van der Waals surface area (Å²) in [5, 5.41) is 0. The quantitative estimate of drug-likeness (QED) is 0.824. The zero-order valence-electron chi connectivity index (χ0n) is 14.7. The molecule has 0 bridgehead atoms. The largest absolute Gasteiger partial charge is 0.298 e. The van der Waals surface area contributed by atoms with E-state index >= 15 is 0 Å². The molecule has 2 atom stereocenters. The van der Waals surface area contributed by atoms with Gasteiger partial charge in [-0.25, -0.2) is 0 Å². The Bertz CT molecular complexity index is 520. The van der Waals surface area contributed by atoms with Gasteiger partial charge in [-0.3, -0.25) is 9.80 Å². The zero-order valence-corrected chi connectivity index (χ0v) is 14.7. The number of benzene rings is 1. The molecule has 3 aliphatic rings. The first-order valence-electron chi connectivity index (χ1n) is 9.85. The number of hydrogen-bond donors (Lipinski definition) is 0. The molecule has 126 valence electrons. The molecule has 0 spiro atoms. The zero-order chi connectivity index (χ0) is 15.6. The van der Waals surface area contributed by atoms with E-state index in [1.165, 1.54) is 70.1 Å². The molecule has 3 fully saturated rings. The summed E-state index contributed by atoms with van der Waals surface area (Å²) in [5.41, 5.74) is 3.00. The lowest BCUT2D eigenvalue weighted by atomic mass is 9.78. The van der Waals surface area contributed by atoms with Gasteiger partial charge in [0, 0.05) is 31.7 Å².